The molecule has 0 unspecified atom stereocenters. The van der Waals surface area contributed by atoms with Crippen molar-refractivity contribution in [1.29, 1.82) is 0 Å². The summed E-state index contributed by atoms with van der Waals surface area (Å²) in [6.45, 7) is 4.04. The fourth-order valence-electron chi connectivity index (χ4n) is 2.67. The highest BCUT2D eigenvalue weighted by molar-refractivity contribution is 7.89. The van der Waals surface area contributed by atoms with Crippen LogP contribution < -0.4 is 4.74 Å². The molecular weight excluding hydrogens is 402 g/mol. The van der Waals surface area contributed by atoms with Crippen LogP contribution >= 0.6 is 0 Å². The van der Waals surface area contributed by atoms with Crippen LogP contribution in [0.3, 0.4) is 0 Å². The zero-order valence-corrected chi connectivity index (χ0v) is 17.0. The van der Waals surface area contributed by atoms with Gasteiger partial charge in [0.25, 0.3) is 0 Å². The normalized spacial score (nSPS) is 11.8. The fraction of sp³-hybridized carbons (Fsp3) is 0.250. The van der Waals surface area contributed by atoms with Crippen molar-refractivity contribution >= 4 is 10.0 Å². The van der Waals surface area contributed by atoms with Gasteiger partial charge in [0.2, 0.25) is 15.9 Å². The van der Waals surface area contributed by atoms with Crippen LogP contribution in [0, 0.1) is 18.6 Å². The average Bonchev–Trinajstić information content (AvgIpc) is 3.05. The van der Waals surface area contributed by atoms with Crippen molar-refractivity contribution in [3.63, 3.8) is 0 Å². The number of benzene rings is 2. The summed E-state index contributed by atoms with van der Waals surface area (Å²) in [4.78, 5) is 4.05. The first-order chi connectivity index (χ1) is 13.7. The molecule has 6 nitrogen and oxygen atoms in total. The zero-order valence-electron chi connectivity index (χ0n) is 16.1. The number of halogens is 2. The lowest BCUT2D eigenvalue weighted by Gasteiger charge is -2.16. The number of hydrogen-bond donors (Lipinski definition) is 0. The van der Waals surface area contributed by atoms with Crippen molar-refractivity contribution in [3.05, 3.63) is 65.6 Å². The van der Waals surface area contributed by atoms with Gasteiger partial charge in [-0.25, -0.2) is 22.2 Å². The average molecular weight is 422 g/mol. The van der Waals surface area contributed by atoms with Crippen LogP contribution in [-0.2, 0) is 16.6 Å². The van der Waals surface area contributed by atoms with E-state index >= 15 is 0 Å². The van der Waals surface area contributed by atoms with Crippen molar-refractivity contribution in [2.24, 2.45) is 0 Å². The molecule has 0 aliphatic rings. The van der Waals surface area contributed by atoms with Crippen molar-refractivity contribution in [3.8, 4) is 17.2 Å². The Morgan fingerprint density at radius 3 is 2.41 bits per heavy atom. The van der Waals surface area contributed by atoms with Gasteiger partial charge in [-0.15, -0.1) is 0 Å². The monoisotopic (exact) mass is 422 g/mol. The van der Waals surface area contributed by atoms with Gasteiger partial charge in [-0.05, 0) is 56.3 Å². The molecule has 0 radical (unpaired) electrons. The second-order valence-corrected chi connectivity index (χ2v) is 8.36. The van der Waals surface area contributed by atoms with Gasteiger partial charge in [-0.2, -0.15) is 4.31 Å². The minimum Gasteiger partial charge on any atom is -0.494 e. The van der Waals surface area contributed by atoms with Crippen LogP contribution in [0.1, 0.15) is 18.4 Å². The molecule has 3 rings (SSSR count). The Morgan fingerprint density at radius 2 is 1.79 bits per heavy atom. The van der Waals surface area contributed by atoms with E-state index in [1.54, 1.807) is 31.2 Å². The van der Waals surface area contributed by atoms with Gasteiger partial charge in [0.05, 0.1) is 23.7 Å². The first kappa shape index (κ1) is 20.9. The summed E-state index contributed by atoms with van der Waals surface area (Å²) >= 11 is 0. The number of ether oxygens (including phenoxy) is 1. The molecule has 0 atom stereocenters. The van der Waals surface area contributed by atoms with Crippen LogP contribution in [0.25, 0.3) is 11.5 Å². The number of aryl methyl sites for hydroxylation is 1. The van der Waals surface area contributed by atoms with Crippen molar-refractivity contribution in [2.45, 2.75) is 25.3 Å². The summed E-state index contributed by atoms with van der Waals surface area (Å²) in [5.74, 6) is -0.814. The number of oxazole rings is 1. The van der Waals surface area contributed by atoms with Crippen LogP contribution in [0.2, 0.25) is 0 Å². The van der Waals surface area contributed by atoms with E-state index in [-0.39, 0.29) is 11.4 Å². The largest absolute Gasteiger partial charge is 0.494 e. The van der Waals surface area contributed by atoms with E-state index in [2.05, 4.69) is 4.98 Å². The molecule has 0 N–H and O–H groups in total. The molecule has 0 bridgehead atoms. The van der Waals surface area contributed by atoms with Gasteiger partial charge in [-0.3, -0.25) is 0 Å². The van der Waals surface area contributed by atoms with Gasteiger partial charge >= 0.3 is 0 Å². The molecule has 3 aromatic rings. The highest BCUT2D eigenvalue weighted by Crippen LogP contribution is 2.26. The Balaban J connectivity index is 1.82. The van der Waals surface area contributed by atoms with Crippen LogP contribution in [0.5, 0.6) is 5.75 Å². The molecule has 0 saturated carbocycles. The third-order valence-corrected chi connectivity index (χ3v) is 6.08. The van der Waals surface area contributed by atoms with Gasteiger partial charge in [0.1, 0.15) is 11.5 Å². The van der Waals surface area contributed by atoms with E-state index in [0.29, 0.717) is 35.6 Å². The summed E-state index contributed by atoms with van der Waals surface area (Å²) in [5, 5.41) is 0. The SMILES string of the molecule is CCOc1ccc(-c2nc(CN(C)S(=O)(=O)c3ccc(F)c(F)c3)c(C)o2)cc1. The van der Waals surface area contributed by atoms with Crippen LogP contribution in [0.4, 0.5) is 8.78 Å². The molecule has 9 heteroatoms. The summed E-state index contributed by atoms with van der Waals surface area (Å²) in [5.41, 5.74) is 1.14. The van der Waals surface area contributed by atoms with Gasteiger partial charge in [0.15, 0.2) is 11.6 Å². The molecule has 2 aromatic carbocycles. The third-order valence-electron chi connectivity index (χ3n) is 4.28. The molecule has 154 valence electrons. The number of aromatic nitrogens is 1. The molecule has 0 saturated heterocycles. The Morgan fingerprint density at radius 1 is 1.10 bits per heavy atom. The predicted octanol–water partition coefficient (Wildman–Crippen LogP) is 4.15. The lowest BCUT2D eigenvalue weighted by molar-refractivity contribution is 0.340. The van der Waals surface area contributed by atoms with Gasteiger partial charge < -0.3 is 9.15 Å². The molecule has 1 aromatic heterocycles. The van der Waals surface area contributed by atoms with E-state index in [9.17, 15) is 17.2 Å². The molecule has 0 amide bonds. The molecule has 0 aliphatic carbocycles. The van der Waals surface area contributed by atoms with Crippen molar-refractivity contribution in [1.82, 2.24) is 9.29 Å². The Kier molecular flexibility index (Phi) is 5.99. The second-order valence-electron chi connectivity index (χ2n) is 6.32. The van der Waals surface area contributed by atoms with Crippen LogP contribution in [-0.4, -0.2) is 31.4 Å². The first-order valence-electron chi connectivity index (χ1n) is 8.83. The second kappa shape index (κ2) is 8.30. The Bertz CT molecular complexity index is 1110. The molecular formula is C20H20F2N2O4S. The smallest absolute Gasteiger partial charge is 0.243 e. The molecule has 0 spiro atoms. The summed E-state index contributed by atoms with van der Waals surface area (Å²) < 4.78 is 63.9. The van der Waals surface area contributed by atoms with Crippen molar-refractivity contribution in [2.75, 3.05) is 13.7 Å². The maximum absolute atomic E-state index is 13.4. The molecule has 29 heavy (non-hydrogen) atoms. The van der Waals surface area contributed by atoms with Crippen LogP contribution in [0.15, 0.2) is 51.8 Å². The van der Waals surface area contributed by atoms with Crippen molar-refractivity contribution < 1.29 is 26.4 Å². The highest BCUT2D eigenvalue weighted by Gasteiger charge is 2.24. The maximum atomic E-state index is 13.4. The quantitative estimate of drug-likeness (QED) is 0.572. The number of rotatable bonds is 7. The van der Waals surface area contributed by atoms with E-state index < -0.39 is 21.7 Å². The third kappa shape index (κ3) is 4.46. The first-order valence-corrected chi connectivity index (χ1v) is 10.3. The van der Waals surface area contributed by atoms with E-state index in [1.807, 2.05) is 6.92 Å². The topological polar surface area (TPSA) is 72.6 Å². The van der Waals surface area contributed by atoms with Gasteiger partial charge in [-0.1, -0.05) is 0 Å². The van der Waals surface area contributed by atoms with Gasteiger partial charge in [0, 0.05) is 12.6 Å². The molecule has 1 heterocycles. The molecule has 0 fully saturated rings. The number of hydrogen-bond acceptors (Lipinski definition) is 5. The van der Waals surface area contributed by atoms with E-state index in [1.165, 1.54) is 7.05 Å². The zero-order chi connectivity index (χ0) is 21.2. The lowest BCUT2D eigenvalue weighted by Crippen LogP contribution is -2.27. The Labute approximate surface area is 167 Å². The summed E-state index contributed by atoms with van der Waals surface area (Å²) in [7, 11) is -2.70. The minimum atomic E-state index is -4.03. The Hall–Kier alpha value is -2.78. The summed E-state index contributed by atoms with van der Waals surface area (Å²) in [6, 6.07) is 9.62. The summed E-state index contributed by atoms with van der Waals surface area (Å²) in [6.07, 6.45) is 0. The number of sulfonamides is 1. The number of nitrogens with zero attached hydrogens (tertiary/aromatic N) is 2. The lowest BCUT2D eigenvalue weighted by atomic mass is 10.2. The highest BCUT2D eigenvalue weighted by atomic mass is 32.2. The minimum absolute atomic E-state index is 0.0896. The standard InChI is InChI=1S/C20H20F2N2O4S/c1-4-27-15-7-5-14(6-8-15)20-23-19(13(2)28-20)12-24(3)29(25,26)16-9-10-17(21)18(22)11-16/h5-11H,4,12H2,1-3H3. The molecule has 0 aliphatic heterocycles. The fourth-order valence-corrected chi connectivity index (χ4v) is 3.82. The maximum Gasteiger partial charge on any atom is 0.243 e. The predicted molar refractivity (Wildman–Crippen MR) is 103 cm³/mol. The van der Waals surface area contributed by atoms with E-state index in [0.717, 1.165) is 22.2 Å². The van der Waals surface area contributed by atoms with E-state index in [4.69, 9.17) is 9.15 Å².